The highest BCUT2D eigenvalue weighted by molar-refractivity contribution is 7.20. The summed E-state index contributed by atoms with van der Waals surface area (Å²) in [4.78, 5) is 13.2. The maximum atomic E-state index is 12.5. The van der Waals surface area contributed by atoms with Crippen LogP contribution in [0.4, 0.5) is 0 Å². The maximum absolute atomic E-state index is 12.5. The molecule has 2 aromatic heterocycles. The lowest BCUT2D eigenvalue weighted by molar-refractivity contribution is 0.0940. The number of para-hydroxylation sites is 1. The number of carbonyl (C=O) groups excluding carboxylic acids is 1. The smallest absolute Gasteiger partial charge is 0.261 e. The number of carbonyl (C=O) groups is 1. The molecule has 1 atom stereocenters. The van der Waals surface area contributed by atoms with E-state index in [1.54, 1.807) is 0 Å². The van der Waals surface area contributed by atoms with E-state index in [4.69, 9.17) is 4.42 Å². The fraction of sp³-hybridized carbons (Fsp3) is 0.105. The van der Waals surface area contributed by atoms with Gasteiger partial charge in [-0.1, -0.05) is 36.4 Å². The number of hydrogen-bond donors (Lipinski definition) is 1. The standard InChI is InChI=1S/C19H15NO2S/c1-12(16-10-13-6-2-4-8-15(13)22-16)20-19(21)18-11-14-7-3-5-9-17(14)23-18/h2-12H,1H3,(H,20,21)/t12-/m0/s1. The molecule has 1 N–H and O–H groups in total. The average molecular weight is 321 g/mol. The number of hydrogen-bond acceptors (Lipinski definition) is 3. The summed E-state index contributed by atoms with van der Waals surface area (Å²) in [6.45, 7) is 1.93. The molecular weight excluding hydrogens is 306 g/mol. The summed E-state index contributed by atoms with van der Waals surface area (Å²) in [5.74, 6) is 0.694. The number of rotatable bonds is 3. The molecule has 4 heteroatoms. The van der Waals surface area contributed by atoms with Crippen LogP contribution in [0.25, 0.3) is 21.1 Å². The Morgan fingerprint density at radius 1 is 1.04 bits per heavy atom. The number of thiophene rings is 1. The van der Waals surface area contributed by atoms with Crippen LogP contribution in [0.3, 0.4) is 0 Å². The molecule has 0 aliphatic heterocycles. The fourth-order valence-corrected chi connectivity index (χ4v) is 3.61. The van der Waals surface area contributed by atoms with Crippen LogP contribution in [0.2, 0.25) is 0 Å². The van der Waals surface area contributed by atoms with Crippen molar-refractivity contribution in [3.63, 3.8) is 0 Å². The third kappa shape index (κ3) is 2.62. The Hall–Kier alpha value is -2.59. The molecule has 3 nitrogen and oxygen atoms in total. The minimum absolute atomic E-state index is 0.0702. The van der Waals surface area contributed by atoms with E-state index < -0.39 is 0 Å². The lowest BCUT2D eigenvalue weighted by atomic mass is 10.2. The van der Waals surface area contributed by atoms with E-state index in [9.17, 15) is 4.79 Å². The molecule has 0 aliphatic rings. The minimum atomic E-state index is -0.180. The summed E-state index contributed by atoms with van der Waals surface area (Å²) in [7, 11) is 0. The van der Waals surface area contributed by atoms with E-state index in [-0.39, 0.29) is 11.9 Å². The third-order valence-corrected chi connectivity index (χ3v) is 4.98. The largest absolute Gasteiger partial charge is 0.459 e. The van der Waals surface area contributed by atoms with Crippen LogP contribution in [0.1, 0.15) is 28.4 Å². The Balaban J connectivity index is 1.57. The van der Waals surface area contributed by atoms with Crippen molar-refractivity contribution in [2.45, 2.75) is 13.0 Å². The Morgan fingerprint density at radius 3 is 2.57 bits per heavy atom. The number of amides is 1. The molecule has 0 spiro atoms. The molecule has 1 amide bonds. The highest BCUT2D eigenvalue weighted by atomic mass is 32.1. The van der Waals surface area contributed by atoms with Gasteiger partial charge >= 0.3 is 0 Å². The van der Waals surface area contributed by atoms with Crippen LogP contribution in [0, 0.1) is 0 Å². The third-order valence-electron chi connectivity index (χ3n) is 3.87. The van der Waals surface area contributed by atoms with E-state index in [0.717, 1.165) is 26.8 Å². The van der Waals surface area contributed by atoms with Gasteiger partial charge in [0, 0.05) is 10.1 Å². The Morgan fingerprint density at radius 2 is 1.78 bits per heavy atom. The molecule has 0 aliphatic carbocycles. The zero-order chi connectivity index (χ0) is 15.8. The molecule has 0 saturated heterocycles. The molecule has 114 valence electrons. The summed E-state index contributed by atoms with van der Waals surface area (Å²) in [5, 5.41) is 5.16. The molecule has 0 radical (unpaired) electrons. The van der Waals surface area contributed by atoms with Crippen molar-refractivity contribution in [2.75, 3.05) is 0 Å². The van der Waals surface area contributed by atoms with Crippen LogP contribution in [0.15, 0.2) is 65.1 Å². The van der Waals surface area contributed by atoms with Gasteiger partial charge in [0.05, 0.1) is 10.9 Å². The zero-order valence-corrected chi connectivity index (χ0v) is 13.4. The van der Waals surface area contributed by atoms with E-state index >= 15 is 0 Å². The van der Waals surface area contributed by atoms with E-state index in [2.05, 4.69) is 5.32 Å². The van der Waals surface area contributed by atoms with Crippen molar-refractivity contribution in [1.82, 2.24) is 5.32 Å². The first-order valence-electron chi connectivity index (χ1n) is 7.48. The molecule has 0 bridgehead atoms. The van der Waals surface area contributed by atoms with Crippen molar-refractivity contribution in [2.24, 2.45) is 0 Å². The number of furan rings is 1. The number of fused-ring (bicyclic) bond motifs is 2. The van der Waals surface area contributed by atoms with Gasteiger partial charge in [-0.05, 0) is 36.6 Å². The Kier molecular flexibility index (Phi) is 3.39. The number of benzene rings is 2. The summed E-state index contributed by atoms with van der Waals surface area (Å²) < 4.78 is 6.93. The molecule has 2 aromatic carbocycles. The van der Waals surface area contributed by atoms with Gasteiger partial charge in [0.15, 0.2) is 0 Å². The van der Waals surface area contributed by atoms with Gasteiger partial charge in [0.2, 0.25) is 0 Å². The van der Waals surface area contributed by atoms with Gasteiger partial charge < -0.3 is 9.73 Å². The quantitative estimate of drug-likeness (QED) is 0.568. The number of nitrogens with one attached hydrogen (secondary N) is 1. The predicted molar refractivity (Wildman–Crippen MR) is 93.9 cm³/mol. The van der Waals surface area contributed by atoms with Crippen LogP contribution in [-0.2, 0) is 0 Å². The fourth-order valence-electron chi connectivity index (χ4n) is 2.65. The first kappa shape index (κ1) is 14.0. The first-order chi connectivity index (χ1) is 11.2. The van der Waals surface area contributed by atoms with Crippen molar-refractivity contribution < 1.29 is 9.21 Å². The van der Waals surface area contributed by atoms with Crippen molar-refractivity contribution in [3.05, 3.63) is 71.3 Å². The van der Waals surface area contributed by atoms with Crippen LogP contribution < -0.4 is 5.32 Å². The van der Waals surface area contributed by atoms with Gasteiger partial charge in [-0.2, -0.15) is 0 Å². The molecule has 4 rings (SSSR count). The van der Waals surface area contributed by atoms with Crippen molar-refractivity contribution >= 4 is 38.3 Å². The Labute approximate surface area is 137 Å². The first-order valence-corrected chi connectivity index (χ1v) is 8.30. The topological polar surface area (TPSA) is 42.2 Å². The minimum Gasteiger partial charge on any atom is -0.459 e. The van der Waals surface area contributed by atoms with E-state index in [1.807, 2.05) is 67.6 Å². The molecule has 4 aromatic rings. The van der Waals surface area contributed by atoms with Gasteiger partial charge in [-0.25, -0.2) is 0 Å². The summed E-state index contributed by atoms with van der Waals surface area (Å²) >= 11 is 1.50. The molecule has 0 saturated carbocycles. The second kappa shape index (κ2) is 5.56. The molecule has 0 fully saturated rings. The molecule has 23 heavy (non-hydrogen) atoms. The summed E-state index contributed by atoms with van der Waals surface area (Å²) in [6.07, 6.45) is 0. The second-order valence-electron chi connectivity index (χ2n) is 5.53. The monoisotopic (exact) mass is 321 g/mol. The highest BCUT2D eigenvalue weighted by Crippen LogP contribution is 2.27. The Bertz CT molecular complexity index is 933. The maximum Gasteiger partial charge on any atom is 0.261 e. The highest BCUT2D eigenvalue weighted by Gasteiger charge is 2.16. The molecular formula is C19H15NO2S. The SMILES string of the molecule is C[C@H](NC(=O)c1cc2ccccc2s1)c1cc2ccccc2o1. The lowest BCUT2D eigenvalue weighted by Gasteiger charge is -2.10. The summed E-state index contributed by atoms with van der Waals surface area (Å²) in [5.41, 5.74) is 0.838. The van der Waals surface area contributed by atoms with E-state index in [1.165, 1.54) is 11.3 Å². The van der Waals surface area contributed by atoms with Crippen molar-refractivity contribution in [1.29, 1.82) is 0 Å². The van der Waals surface area contributed by atoms with Gasteiger partial charge in [-0.15, -0.1) is 11.3 Å². The van der Waals surface area contributed by atoms with Crippen molar-refractivity contribution in [3.8, 4) is 0 Å². The predicted octanol–water partition coefficient (Wildman–Crippen LogP) is 5.14. The van der Waals surface area contributed by atoms with E-state index in [0.29, 0.717) is 4.88 Å². The molecule has 2 heterocycles. The van der Waals surface area contributed by atoms with Gasteiger partial charge in [0.1, 0.15) is 11.3 Å². The van der Waals surface area contributed by atoms with Gasteiger partial charge in [-0.3, -0.25) is 4.79 Å². The van der Waals surface area contributed by atoms with Crippen LogP contribution >= 0.6 is 11.3 Å². The zero-order valence-electron chi connectivity index (χ0n) is 12.6. The molecule has 0 unspecified atom stereocenters. The normalized spacial score (nSPS) is 12.6. The van der Waals surface area contributed by atoms with Crippen LogP contribution in [-0.4, -0.2) is 5.91 Å². The van der Waals surface area contributed by atoms with Crippen LogP contribution in [0.5, 0.6) is 0 Å². The average Bonchev–Trinajstić information content (AvgIpc) is 3.18. The van der Waals surface area contributed by atoms with Gasteiger partial charge in [0.25, 0.3) is 5.91 Å². The second-order valence-corrected chi connectivity index (χ2v) is 6.61. The summed E-state index contributed by atoms with van der Waals surface area (Å²) in [6, 6.07) is 19.6. The lowest BCUT2D eigenvalue weighted by Crippen LogP contribution is -2.25.